The van der Waals surface area contributed by atoms with E-state index in [1.165, 1.54) is 24.1 Å². The quantitative estimate of drug-likeness (QED) is 0.574. The molecule has 146 valence electrons. The zero-order chi connectivity index (χ0) is 20.3. The number of rotatable bonds is 4. The minimum atomic E-state index is -4.58. The van der Waals surface area contributed by atoms with E-state index in [-0.39, 0.29) is 5.13 Å². The summed E-state index contributed by atoms with van der Waals surface area (Å²) in [5, 5.41) is 3.07. The molecule has 9 heteroatoms. The van der Waals surface area contributed by atoms with Crippen LogP contribution in [0.1, 0.15) is 22.9 Å². The van der Waals surface area contributed by atoms with Gasteiger partial charge in [-0.25, -0.2) is 14.2 Å². The van der Waals surface area contributed by atoms with Crippen molar-refractivity contribution in [2.75, 3.05) is 12.4 Å². The summed E-state index contributed by atoms with van der Waals surface area (Å²) in [7, 11) is 1.51. The molecule has 1 heterocycles. The van der Waals surface area contributed by atoms with Crippen LogP contribution in [-0.4, -0.2) is 23.0 Å². The number of nitrogens with one attached hydrogen (secondary N) is 1. The summed E-state index contributed by atoms with van der Waals surface area (Å²) in [5.74, 6) is -0.412. The van der Waals surface area contributed by atoms with Crippen LogP contribution in [0.4, 0.5) is 27.5 Å². The fourth-order valence-electron chi connectivity index (χ4n) is 2.68. The van der Waals surface area contributed by atoms with E-state index in [1.54, 1.807) is 24.3 Å². The molecule has 0 aliphatic carbocycles. The fourth-order valence-corrected chi connectivity index (χ4v) is 3.39. The molecule has 3 aromatic rings. The first-order valence-corrected chi connectivity index (χ1v) is 9.00. The highest BCUT2D eigenvalue weighted by atomic mass is 32.1. The maximum absolute atomic E-state index is 13.3. The van der Waals surface area contributed by atoms with Gasteiger partial charge in [0, 0.05) is 12.4 Å². The van der Waals surface area contributed by atoms with E-state index in [9.17, 15) is 22.4 Å². The lowest BCUT2D eigenvalue weighted by molar-refractivity contribution is -0.140. The van der Waals surface area contributed by atoms with Gasteiger partial charge in [-0.05, 0) is 23.3 Å². The van der Waals surface area contributed by atoms with Crippen LogP contribution >= 0.6 is 11.3 Å². The molecule has 0 saturated carbocycles. The predicted octanol–water partition coefficient (Wildman–Crippen LogP) is 5.55. The smallest absolute Gasteiger partial charge is 0.316 e. The molecule has 3 rings (SSSR count). The monoisotopic (exact) mass is 409 g/mol. The summed E-state index contributed by atoms with van der Waals surface area (Å²) >= 11 is 0.688. The number of anilines is 1. The van der Waals surface area contributed by atoms with Crippen molar-refractivity contribution in [2.24, 2.45) is 0 Å². The van der Waals surface area contributed by atoms with E-state index in [4.69, 9.17) is 0 Å². The molecule has 0 fully saturated rings. The number of urea groups is 1. The highest BCUT2D eigenvalue weighted by Crippen LogP contribution is 2.32. The Morgan fingerprint density at radius 2 is 1.68 bits per heavy atom. The van der Waals surface area contributed by atoms with Gasteiger partial charge in [-0.15, -0.1) is 11.3 Å². The van der Waals surface area contributed by atoms with Crippen LogP contribution in [0.2, 0.25) is 0 Å². The number of aromatic nitrogens is 1. The van der Waals surface area contributed by atoms with Crippen molar-refractivity contribution in [3.8, 4) is 0 Å². The molecule has 0 saturated heterocycles. The molecule has 1 aromatic heterocycles. The number of hydrogen-bond acceptors (Lipinski definition) is 3. The lowest BCUT2D eigenvalue weighted by Crippen LogP contribution is -2.35. The van der Waals surface area contributed by atoms with Gasteiger partial charge in [0.2, 0.25) is 0 Å². The minimum absolute atomic E-state index is 0.157. The molecule has 1 atom stereocenters. The Balaban J connectivity index is 1.86. The van der Waals surface area contributed by atoms with E-state index in [0.717, 1.165) is 10.9 Å². The average Bonchev–Trinajstić information content (AvgIpc) is 3.13. The minimum Gasteiger partial charge on any atom is -0.316 e. The van der Waals surface area contributed by atoms with Gasteiger partial charge >= 0.3 is 12.2 Å². The Labute approximate surface area is 162 Å². The Morgan fingerprint density at radius 3 is 2.25 bits per heavy atom. The number of benzene rings is 2. The highest BCUT2D eigenvalue weighted by molar-refractivity contribution is 7.13. The molecule has 0 bridgehead atoms. The summed E-state index contributed by atoms with van der Waals surface area (Å²) in [6.45, 7) is 0. The SMILES string of the molecule is CN(C(=O)Nc1nc(C(F)(F)F)cs1)C(c1ccccc1)c1ccc(F)cc1. The Hall–Kier alpha value is -2.94. The molecule has 4 nitrogen and oxygen atoms in total. The molecule has 2 aromatic carbocycles. The van der Waals surface area contributed by atoms with Crippen molar-refractivity contribution in [3.63, 3.8) is 0 Å². The molecular formula is C19H15F4N3OS. The first kappa shape index (κ1) is 19.8. The molecule has 0 spiro atoms. The summed E-state index contributed by atoms with van der Waals surface area (Å²) in [6.07, 6.45) is -4.58. The first-order valence-electron chi connectivity index (χ1n) is 8.12. The second-order valence-corrected chi connectivity index (χ2v) is 6.80. The molecule has 1 unspecified atom stereocenters. The second kappa shape index (κ2) is 7.97. The number of thiazole rings is 1. The highest BCUT2D eigenvalue weighted by Gasteiger charge is 2.34. The standard InChI is InChI=1S/C19H15F4N3OS/c1-26(18(27)25-17-24-15(11-28-17)19(21,22)23)16(12-5-3-2-4-6-12)13-7-9-14(20)10-8-13/h2-11,16H,1H3,(H,24,25,27). The molecule has 0 aliphatic rings. The third-order valence-electron chi connectivity index (χ3n) is 4.02. The van der Waals surface area contributed by atoms with Gasteiger partial charge in [-0.1, -0.05) is 42.5 Å². The van der Waals surface area contributed by atoms with Crippen molar-refractivity contribution >= 4 is 22.5 Å². The van der Waals surface area contributed by atoms with Gasteiger partial charge in [-0.2, -0.15) is 13.2 Å². The van der Waals surface area contributed by atoms with E-state index in [0.29, 0.717) is 16.9 Å². The Kier molecular flexibility index (Phi) is 5.64. The van der Waals surface area contributed by atoms with Gasteiger partial charge in [-0.3, -0.25) is 5.32 Å². The van der Waals surface area contributed by atoms with E-state index < -0.39 is 29.8 Å². The number of halogens is 4. The van der Waals surface area contributed by atoms with E-state index in [1.807, 2.05) is 18.2 Å². The van der Waals surface area contributed by atoms with Gasteiger partial charge in [0.25, 0.3) is 0 Å². The largest absolute Gasteiger partial charge is 0.434 e. The summed E-state index contributed by atoms with van der Waals surface area (Å²) in [6, 6.07) is 13.5. The topological polar surface area (TPSA) is 45.2 Å². The fraction of sp³-hybridized carbons (Fsp3) is 0.158. The van der Waals surface area contributed by atoms with Crippen molar-refractivity contribution in [1.29, 1.82) is 0 Å². The van der Waals surface area contributed by atoms with E-state index >= 15 is 0 Å². The lowest BCUT2D eigenvalue weighted by atomic mass is 9.97. The predicted molar refractivity (Wildman–Crippen MR) is 98.6 cm³/mol. The van der Waals surface area contributed by atoms with Gasteiger partial charge < -0.3 is 4.90 Å². The average molecular weight is 409 g/mol. The number of amides is 2. The Bertz CT molecular complexity index is 942. The first-order chi connectivity index (χ1) is 13.3. The van der Waals surface area contributed by atoms with Crippen LogP contribution in [0.15, 0.2) is 60.0 Å². The van der Waals surface area contributed by atoms with Crippen LogP contribution in [0, 0.1) is 5.82 Å². The summed E-state index contributed by atoms with van der Waals surface area (Å²) in [4.78, 5) is 17.4. The summed E-state index contributed by atoms with van der Waals surface area (Å²) < 4.78 is 51.4. The normalized spacial score (nSPS) is 12.5. The Morgan fingerprint density at radius 1 is 1.07 bits per heavy atom. The van der Waals surface area contributed by atoms with Crippen LogP contribution in [0.3, 0.4) is 0 Å². The molecule has 1 N–H and O–H groups in total. The molecule has 28 heavy (non-hydrogen) atoms. The van der Waals surface area contributed by atoms with Crippen molar-refractivity contribution < 1.29 is 22.4 Å². The maximum Gasteiger partial charge on any atom is 0.434 e. The van der Waals surface area contributed by atoms with E-state index in [2.05, 4.69) is 10.3 Å². The van der Waals surface area contributed by atoms with Crippen LogP contribution < -0.4 is 5.32 Å². The van der Waals surface area contributed by atoms with Crippen molar-refractivity contribution in [3.05, 3.63) is 82.6 Å². The van der Waals surface area contributed by atoms with Crippen LogP contribution in [0.5, 0.6) is 0 Å². The molecular weight excluding hydrogens is 394 g/mol. The zero-order valence-electron chi connectivity index (χ0n) is 14.6. The van der Waals surface area contributed by atoms with Gasteiger partial charge in [0.05, 0.1) is 6.04 Å². The van der Waals surface area contributed by atoms with Gasteiger partial charge in [0.15, 0.2) is 10.8 Å². The number of carbonyl (C=O) groups excluding carboxylic acids is 1. The van der Waals surface area contributed by atoms with Crippen LogP contribution in [-0.2, 0) is 6.18 Å². The molecule has 0 radical (unpaired) electrons. The van der Waals surface area contributed by atoms with Crippen LogP contribution in [0.25, 0.3) is 0 Å². The number of hydrogen-bond donors (Lipinski definition) is 1. The second-order valence-electron chi connectivity index (χ2n) is 5.94. The number of carbonyl (C=O) groups is 1. The summed E-state index contributed by atoms with van der Waals surface area (Å²) in [5.41, 5.74) is 0.357. The third kappa shape index (κ3) is 4.48. The van der Waals surface area contributed by atoms with Crippen molar-refractivity contribution in [2.45, 2.75) is 12.2 Å². The zero-order valence-corrected chi connectivity index (χ0v) is 15.4. The third-order valence-corrected chi connectivity index (χ3v) is 4.77. The lowest BCUT2D eigenvalue weighted by Gasteiger charge is -2.29. The number of nitrogens with zero attached hydrogens (tertiary/aromatic N) is 2. The molecule has 0 aliphatic heterocycles. The maximum atomic E-state index is 13.3. The molecule has 2 amide bonds. The van der Waals surface area contributed by atoms with Crippen molar-refractivity contribution in [1.82, 2.24) is 9.88 Å². The van der Waals surface area contributed by atoms with Gasteiger partial charge in [0.1, 0.15) is 5.82 Å². The number of alkyl halides is 3.